The third-order valence-electron chi connectivity index (χ3n) is 1.76. The molecule has 0 unspecified atom stereocenters. The molecule has 4 nitrogen and oxygen atoms in total. The maximum atomic E-state index is 10.5. The molecule has 3 N–H and O–H groups in total. The molecule has 0 rings (SSSR count). The zero-order chi connectivity index (χ0) is 10.3. The van der Waals surface area contributed by atoms with E-state index in [0.29, 0.717) is 0 Å². The van der Waals surface area contributed by atoms with Gasteiger partial charge in [-0.2, -0.15) is 0 Å². The highest BCUT2D eigenvalue weighted by Crippen LogP contribution is 2.15. The number of ether oxygens (including phenoxy) is 1. The summed E-state index contributed by atoms with van der Waals surface area (Å²) in [5.41, 5.74) is 4.49. The molecular formula is C9H20N2O2. The van der Waals surface area contributed by atoms with Crippen LogP contribution in [0.25, 0.3) is 0 Å². The van der Waals surface area contributed by atoms with Crippen LogP contribution in [0.3, 0.4) is 0 Å². The van der Waals surface area contributed by atoms with Gasteiger partial charge in [0.1, 0.15) is 5.60 Å². The van der Waals surface area contributed by atoms with Crippen molar-refractivity contribution in [2.75, 3.05) is 13.1 Å². The van der Waals surface area contributed by atoms with Gasteiger partial charge in [-0.05, 0) is 39.8 Å². The molecule has 0 spiro atoms. The van der Waals surface area contributed by atoms with Crippen molar-refractivity contribution < 1.29 is 9.53 Å². The van der Waals surface area contributed by atoms with Crippen LogP contribution in [-0.4, -0.2) is 24.8 Å². The topological polar surface area (TPSA) is 64.3 Å². The molecule has 0 bridgehead atoms. The van der Waals surface area contributed by atoms with Crippen LogP contribution in [0.1, 0.15) is 33.6 Å². The maximum Gasteiger partial charge on any atom is 0.405 e. The number of nitrogens with two attached hydrogens (primary N) is 1. The molecule has 0 heterocycles. The Morgan fingerprint density at radius 3 is 2.62 bits per heavy atom. The van der Waals surface area contributed by atoms with Crippen molar-refractivity contribution in [1.82, 2.24) is 5.32 Å². The lowest BCUT2D eigenvalue weighted by atomic mass is 10.0. The molecule has 0 aromatic rings. The smallest absolute Gasteiger partial charge is 0.405 e. The Bertz CT molecular complexity index is 158. The summed E-state index contributed by atoms with van der Waals surface area (Å²) in [7, 11) is 0. The van der Waals surface area contributed by atoms with Crippen LogP contribution in [0.15, 0.2) is 0 Å². The van der Waals surface area contributed by atoms with Crippen molar-refractivity contribution in [3.63, 3.8) is 0 Å². The van der Waals surface area contributed by atoms with E-state index in [4.69, 9.17) is 10.5 Å². The molecule has 0 aliphatic heterocycles. The summed E-state index contributed by atoms with van der Waals surface area (Å²) in [4.78, 5) is 10.5. The van der Waals surface area contributed by atoms with Crippen molar-refractivity contribution in [2.45, 2.75) is 39.2 Å². The molecular weight excluding hydrogens is 168 g/mol. The number of rotatable bonds is 6. The Balaban J connectivity index is 3.56. The molecule has 0 aromatic carbocycles. The average Bonchev–Trinajstić information content (AvgIpc) is 1.95. The SMILES string of the molecule is CCNCCCC(C)(C)OC(N)=O. The van der Waals surface area contributed by atoms with E-state index in [9.17, 15) is 4.79 Å². The third kappa shape index (κ3) is 7.59. The number of amides is 1. The van der Waals surface area contributed by atoms with Crippen molar-refractivity contribution in [1.29, 1.82) is 0 Å². The Morgan fingerprint density at radius 2 is 2.15 bits per heavy atom. The average molecular weight is 188 g/mol. The highest BCUT2D eigenvalue weighted by Gasteiger charge is 2.20. The van der Waals surface area contributed by atoms with Gasteiger partial charge in [0.15, 0.2) is 0 Å². The van der Waals surface area contributed by atoms with E-state index >= 15 is 0 Å². The predicted octanol–water partition coefficient (Wildman–Crippen LogP) is 1.25. The molecule has 4 heteroatoms. The van der Waals surface area contributed by atoms with Crippen molar-refractivity contribution in [2.24, 2.45) is 5.73 Å². The van der Waals surface area contributed by atoms with Crippen molar-refractivity contribution in [3.8, 4) is 0 Å². The molecule has 0 fully saturated rings. The third-order valence-corrected chi connectivity index (χ3v) is 1.76. The normalized spacial score (nSPS) is 11.3. The predicted molar refractivity (Wildman–Crippen MR) is 52.5 cm³/mol. The number of carbonyl (C=O) groups is 1. The second kappa shape index (κ2) is 5.80. The lowest BCUT2D eigenvalue weighted by Crippen LogP contribution is -2.32. The maximum absolute atomic E-state index is 10.5. The summed E-state index contributed by atoms with van der Waals surface area (Å²) in [6, 6.07) is 0. The number of hydrogen-bond acceptors (Lipinski definition) is 3. The van der Waals surface area contributed by atoms with Gasteiger partial charge >= 0.3 is 6.09 Å². The van der Waals surface area contributed by atoms with Crippen LogP contribution in [-0.2, 0) is 4.74 Å². The lowest BCUT2D eigenvalue weighted by Gasteiger charge is -2.23. The van der Waals surface area contributed by atoms with Crippen molar-refractivity contribution in [3.05, 3.63) is 0 Å². The largest absolute Gasteiger partial charge is 0.444 e. The zero-order valence-corrected chi connectivity index (χ0v) is 8.72. The van der Waals surface area contributed by atoms with Crippen LogP contribution in [0.5, 0.6) is 0 Å². The summed E-state index contributed by atoms with van der Waals surface area (Å²) < 4.78 is 4.93. The first-order chi connectivity index (χ1) is 5.98. The Morgan fingerprint density at radius 1 is 1.54 bits per heavy atom. The second-order valence-corrected chi connectivity index (χ2v) is 3.64. The van der Waals surface area contributed by atoms with Gasteiger partial charge in [-0.3, -0.25) is 0 Å². The summed E-state index contributed by atoms with van der Waals surface area (Å²) >= 11 is 0. The molecule has 1 amide bonds. The number of nitrogens with one attached hydrogen (secondary N) is 1. The highest BCUT2D eigenvalue weighted by atomic mass is 16.6. The standard InChI is InChI=1S/C9H20N2O2/c1-4-11-7-5-6-9(2,3)13-8(10)12/h11H,4-7H2,1-3H3,(H2,10,12). The van der Waals surface area contributed by atoms with Crippen LogP contribution in [0.4, 0.5) is 4.79 Å². The number of primary amides is 1. The van der Waals surface area contributed by atoms with E-state index in [1.54, 1.807) is 0 Å². The van der Waals surface area contributed by atoms with Gasteiger partial charge < -0.3 is 15.8 Å². The molecule has 0 aromatic heterocycles. The number of carbonyl (C=O) groups excluding carboxylic acids is 1. The minimum Gasteiger partial charge on any atom is -0.444 e. The van der Waals surface area contributed by atoms with E-state index in [2.05, 4.69) is 12.2 Å². The molecule has 0 saturated carbocycles. The van der Waals surface area contributed by atoms with Crippen LogP contribution in [0.2, 0.25) is 0 Å². The molecule has 0 radical (unpaired) electrons. The first-order valence-electron chi connectivity index (χ1n) is 4.67. The molecule has 13 heavy (non-hydrogen) atoms. The Hall–Kier alpha value is -0.770. The minimum absolute atomic E-state index is 0.443. The van der Waals surface area contributed by atoms with Crippen molar-refractivity contribution >= 4 is 6.09 Å². The van der Waals surface area contributed by atoms with E-state index in [0.717, 1.165) is 25.9 Å². The monoisotopic (exact) mass is 188 g/mol. The highest BCUT2D eigenvalue weighted by molar-refractivity contribution is 5.65. The number of hydrogen-bond donors (Lipinski definition) is 2. The summed E-state index contributed by atoms with van der Waals surface area (Å²) in [6.45, 7) is 7.71. The molecule has 0 aliphatic carbocycles. The van der Waals surface area contributed by atoms with Crippen LogP contribution in [0, 0.1) is 0 Å². The van der Waals surface area contributed by atoms with E-state index in [-0.39, 0.29) is 0 Å². The Kier molecular flexibility index (Phi) is 5.46. The van der Waals surface area contributed by atoms with Crippen LogP contribution >= 0.6 is 0 Å². The first-order valence-corrected chi connectivity index (χ1v) is 4.67. The fraction of sp³-hybridized carbons (Fsp3) is 0.889. The summed E-state index contributed by atoms with van der Waals surface area (Å²) in [5, 5.41) is 3.20. The molecule has 0 atom stereocenters. The van der Waals surface area contributed by atoms with Gasteiger partial charge in [-0.25, -0.2) is 4.79 Å². The van der Waals surface area contributed by atoms with Gasteiger partial charge in [0.05, 0.1) is 0 Å². The summed E-state index contributed by atoms with van der Waals surface area (Å²) in [6.07, 6.45) is 1.10. The summed E-state index contributed by atoms with van der Waals surface area (Å²) in [5.74, 6) is 0. The molecule has 0 saturated heterocycles. The van der Waals surface area contributed by atoms with E-state index in [1.165, 1.54) is 0 Å². The van der Waals surface area contributed by atoms with Gasteiger partial charge in [-0.15, -0.1) is 0 Å². The first kappa shape index (κ1) is 12.2. The fourth-order valence-corrected chi connectivity index (χ4v) is 1.14. The minimum atomic E-state index is -0.701. The second-order valence-electron chi connectivity index (χ2n) is 3.64. The van der Waals surface area contributed by atoms with Crippen LogP contribution < -0.4 is 11.1 Å². The zero-order valence-electron chi connectivity index (χ0n) is 8.72. The molecule has 78 valence electrons. The fourth-order valence-electron chi connectivity index (χ4n) is 1.14. The Labute approximate surface area is 79.8 Å². The quantitative estimate of drug-likeness (QED) is 0.616. The van der Waals surface area contributed by atoms with Gasteiger partial charge in [0.2, 0.25) is 0 Å². The molecule has 0 aliphatic rings. The van der Waals surface area contributed by atoms with Gasteiger partial charge in [0.25, 0.3) is 0 Å². The van der Waals surface area contributed by atoms with Gasteiger partial charge in [0, 0.05) is 0 Å². The lowest BCUT2D eigenvalue weighted by molar-refractivity contribution is 0.0378. The van der Waals surface area contributed by atoms with E-state index < -0.39 is 11.7 Å². The van der Waals surface area contributed by atoms with Gasteiger partial charge in [-0.1, -0.05) is 6.92 Å². The van der Waals surface area contributed by atoms with E-state index in [1.807, 2.05) is 13.8 Å².